The van der Waals surface area contributed by atoms with E-state index in [1.165, 1.54) is 186 Å². The summed E-state index contributed by atoms with van der Waals surface area (Å²) < 4.78 is 4.96. The summed E-state index contributed by atoms with van der Waals surface area (Å²) in [6.45, 7) is 2.66. The van der Waals surface area contributed by atoms with Crippen molar-refractivity contribution in [2.24, 2.45) is 0 Å². The third-order valence-electron chi connectivity index (χ3n) is 8.92. The molecule has 0 aliphatic heterocycles. The molecule has 0 atom stereocenters. The van der Waals surface area contributed by atoms with E-state index in [9.17, 15) is 9.59 Å². The Hall–Kier alpha value is -1.84. The zero-order chi connectivity index (χ0) is 33.4. The minimum Gasteiger partial charge on any atom is -0.478 e. The first-order chi connectivity index (χ1) is 22.7. The first-order valence-electron chi connectivity index (χ1n) is 20.0. The molecular weight excluding hydrogens is 568 g/mol. The highest BCUT2D eigenvalue weighted by atomic mass is 16.5. The van der Waals surface area contributed by atoms with Gasteiger partial charge in [-0.15, -0.1) is 0 Å². The Morgan fingerprint density at radius 3 is 1.00 bits per heavy atom. The van der Waals surface area contributed by atoms with Gasteiger partial charge in [0.15, 0.2) is 0 Å². The van der Waals surface area contributed by atoms with Crippen LogP contribution in [-0.2, 0) is 14.3 Å². The second-order valence-electron chi connectivity index (χ2n) is 13.5. The van der Waals surface area contributed by atoms with Crippen LogP contribution in [0.1, 0.15) is 212 Å². The number of hydrogen-bond acceptors (Lipinski definition) is 3. The Morgan fingerprint density at radius 1 is 0.413 bits per heavy atom. The van der Waals surface area contributed by atoms with Crippen LogP contribution in [-0.4, -0.2) is 23.7 Å². The predicted molar refractivity (Wildman–Crippen MR) is 199 cm³/mol. The number of esters is 1. The molecule has 1 N–H and O–H groups in total. The van der Waals surface area contributed by atoms with Gasteiger partial charge in [0.2, 0.25) is 0 Å². The molecular formula is C42H76O4. The van der Waals surface area contributed by atoms with E-state index < -0.39 is 11.9 Å². The van der Waals surface area contributed by atoms with Gasteiger partial charge in [-0.3, -0.25) is 0 Å². The van der Waals surface area contributed by atoms with Crippen molar-refractivity contribution in [3.05, 3.63) is 36.5 Å². The SMILES string of the molecule is CCCCCCCCCCCCCCCCCCC=CCCCCCCCC/C=C\CCCCCCCCOC(=O)/C=C/C(=O)O. The molecule has 0 aliphatic carbocycles. The van der Waals surface area contributed by atoms with Crippen molar-refractivity contribution in [3.63, 3.8) is 0 Å². The zero-order valence-electron chi connectivity index (χ0n) is 30.5. The lowest BCUT2D eigenvalue weighted by molar-refractivity contribution is -0.138. The number of unbranched alkanes of at least 4 members (excludes halogenated alkanes) is 29. The molecule has 46 heavy (non-hydrogen) atoms. The molecule has 0 rings (SSSR count). The fraction of sp³-hybridized carbons (Fsp3) is 0.810. The molecule has 268 valence electrons. The number of allylic oxidation sites excluding steroid dienone is 4. The lowest BCUT2D eigenvalue weighted by Gasteiger charge is -2.03. The molecule has 0 heterocycles. The van der Waals surface area contributed by atoms with E-state index in [2.05, 4.69) is 31.2 Å². The Bertz CT molecular complexity index is 723. The molecule has 0 saturated carbocycles. The second-order valence-corrected chi connectivity index (χ2v) is 13.5. The van der Waals surface area contributed by atoms with Gasteiger partial charge in [-0.05, 0) is 57.8 Å². The highest BCUT2D eigenvalue weighted by Crippen LogP contribution is 2.15. The lowest BCUT2D eigenvalue weighted by Crippen LogP contribution is -2.03. The first-order valence-corrected chi connectivity index (χ1v) is 20.0. The largest absolute Gasteiger partial charge is 0.478 e. The van der Waals surface area contributed by atoms with Gasteiger partial charge in [0.1, 0.15) is 0 Å². The maximum absolute atomic E-state index is 11.3. The monoisotopic (exact) mass is 645 g/mol. The van der Waals surface area contributed by atoms with Crippen molar-refractivity contribution in [2.75, 3.05) is 6.61 Å². The molecule has 0 fully saturated rings. The topological polar surface area (TPSA) is 63.6 Å². The summed E-state index contributed by atoms with van der Waals surface area (Å²) in [5.74, 6) is -1.72. The van der Waals surface area contributed by atoms with Crippen molar-refractivity contribution in [1.29, 1.82) is 0 Å². The van der Waals surface area contributed by atoms with E-state index in [0.717, 1.165) is 31.4 Å². The Morgan fingerprint density at radius 2 is 0.696 bits per heavy atom. The van der Waals surface area contributed by atoms with Crippen LogP contribution in [0.25, 0.3) is 0 Å². The standard InChI is InChI=1S/C42H76O4/c1-2-3-4-5-6-7-8-9-10-11-12-13-14-15-16-17-18-19-20-21-22-23-24-25-26-27-28-29-30-31-32-33-34-35-36-37-40-46-42(45)39-38-41(43)44/h19-20,29-30,38-39H,2-18,21-28,31-37,40H2,1H3,(H,43,44)/b20-19?,30-29-,39-38+. The highest BCUT2D eigenvalue weighted by molar-refractivity contribution is 5.90. The van der Waals surface area contributed by atoms with Crippen LogP contribution in [0.3, 0.4) is 0 Å². The van der Waals surface area contributed by atoms with Gasteiger partial charge in [0.25, 0.3) is 0 Å². The third-order valence-corrected chi connectivity index (χ3v) is 8.92. The molecule has 4 nitrogen and oxygen atoms in total. The fourth-order valence-electron chi connectivity index (χ4n) is 5.94. The summed E-state index contributed by atoms with van der Waals surface area (Å²) >= 11 is 0. The van der Waals surface area contributed by atoms with Gasteiger partial charge in [-0.2, -0.15) is 0 Å². The van der Waals surface area contributed by atoms with Crippen LogP contribution in [0.15, 0.2) is 36.5 Å². The number of carboxylic acid groups (broad SMARTS) is 1. The van der Waals surface area contributed by atoms with Gasteiger partial charge in [-0.25, -0.2) is 9.59 Å². The lowest BCUT2D eigenvalue weighted by atomic mass is 10.0. The second kappa shape index (κ2) is 39.3. The third kappa shape index (κ3) is 40.2. The molecule has 0 aromatic heterocycles. The predicted octanol–water partition coefficient (Wildman–Crippen LogP) is 13.8. The van der Waals surface area contributed by atoms with Crippen LogP contribution in [0.4, 0.5) is 0 Å². The van der Waals surface area contributed by atoms with Gasteiger partial charge in [0, 0.05) is 12.2 Å². The number of hydrogen-bond donors (Lipinski definition) is 1. The summed E-state index contributed by atoms with van der Waals surface area (Å²) in [6.07, 6.45) is 54.4. The average molecular weight is 645 g/mol. The number of ether oxygens (including phenoxy) is 1. The zero-order valence-corrected chi connectivity index (χ0v) is 30.5. The number of rotatable bonds is 37. The van der Waals surface area contributed by atoms with Crippen LogP contribution < -0.4 is 0 Å². The van der Waals surface area contributed by atoms with E-state index in [4.69, 9.17) is 9.84 Å². The van der Waals surface area contributed by atoms with Gasteiger partial charge in [0.05, 0.1) is 6.61 Å². The Balaban J connectivity index is 3.20. The van der Waals surface area contributed by atoms with Crippen LogP contribution in [0.2, 0.25) is 0 Å². The Kier molecular flexibility index (Phi) is 37.8. The van der Waals surface area contributed by atoms with Gasteiger partial charge >= 0.3 is 11.9 Å². The summed E-state index contributed by atoms with van der Waals surface area (Å²) in [5, 5.41) is 8.47. The maximum Gasteiger partial charge on any atom is 0.331 e. The van der Waals surface area contributed by atoms with E-state index in [1.807, 2.05) is 0 Å². The molecule has 0 aromatic rings. The van der Waals surface area contributed by atoms with Crippen molar-refractivity contribution in [2.45, 2.75) is 212 Å². The molecule has 0 aromatic carbocycles. The minimum absolute atomic E-state index is 0.364. The summed E-state index contributed by atoms with van der Waals surface area (Å²) in [4.78, 5) is 21.6. The summed E-state index contributed by atoms with van der Waals surface area (Å²) in [7, 11) is 0. The van der Waals surface area contributed by atoms with Crippen molar-refractivity contribution in [1.82, 2.24) is 0 Å². The number of carboxylic acids is 1. The smallest absolute Gasteiger partial charge is 0.331 e. The van der Waals surface area contributed by atoms with Gasteiger partial charge < -0.3 is 9.84 Å². The van der Waals surface area contributed by atoms with Crippen LogP contribution in [0.5, 0.6) is 0 Å². The maximum atomic E-state index is 11.3. The van der Waals surface area contributed by atoms with Gasteiger partial charge in [-0.1, -0.05) is 179 Å². The molecule has 0 radical (unpaired) electrons. The summed E-state index contributed by atoms with van der Waals surface area (Å²) in [6, 6.07) is 0. The van der Waals surface area contributed by atoms with Crippen LogP contribution in [0, 0.1) is 0 Å². The highest BCUT2D eigenvalue weighted by Gasteiger charge is 1.99. The van der Waals surface area contributed by atoms with E-state index in [-0.39, 0.29) is 0 Å². The minimum atomic E-state index is -1.14. The molecule has 0 unspecified atom stereocenters. The summed E-state index contributed by atoms with van der Waals surface area (Å²) in [5.41, 5.74) is 0. The molecule has 0 amide bonds. The van der Waals surface area contributed by atoms with Crippen molar-refractivity contribution < 1.29 is 19.4 Å². The molecule has 0 saturated heterocycles. The Labute approximate surface area is 286 Å². The normalized spacial score (nSPS) is 11.8. The first kappa shape index (κ1) is 44.2. The fourth-order valence-corrected chi connectivity index (χ4v) is 5.94. The van der Waals surface area contributed by atoms with Crippen LogP contribution >= 0.6 is 0 Å². The quantitative estimate of drug-likeness (QED) is 0.0316. The van der Waals surface area contributed by atoms with E-state index >= 15 is 0 Å². The number of carbonyl (C=O) groups excluding carboxylic acids is 1. The van der Waals surface area contributed by atoms with E-state index in [1.54, 1.807) is 0 Å². The van der Waals surface area contributed by atoms with Crippen molar-refractivity contribution >= 4 is 11.9 Å². The molecule has 0 spiro atoms. The molecule has 4 heteroatoms. The molecule has 0 aliphatic rings. The molecule has 0 bridgehead atoms. The number of carbonyl (C=O) groups is 2. The average Bonchev–Trinajstić information content (AvgIpc) is 3.05. The number of aliphatic carboxylic acids is 1. The van der Waals surface area contributed by atoms with E-state index in [0.29, 0.717) is 6.61 Å². The van der Waals surface area contributed by atoms with Crippen molar-refractivity contribution in [3.8, 4) is 0 Å².